The van der Waals surface area contributed by atoms with E-state index < -0.39 is 5.97 Å². The third kappa shape index (κ3) is 3.69. The van der Waals surface area contributed by atoms with E-state index in [4.69, 9.17) is 0 Å². The molecule has 0 radical (unpaired) electrons. The zero-order chi connectivity index (χ0) is 13.8. The highest BCUT2D eigenvalue weighted by Gasteiger charge is 2.32. The molecule has 0 bridgehead atoms. The van der Waals surface area contributed by atoms with Crippen molar-refractivity contribution < 1.29 is 14.7 Å². The largest absolute Gasteiger partial charge is 0.481 e. The third-order valence-electron chi connectivity index (χ3n) is 4.53. The number of rotatable bonds is 4. The Morgan fingerprint density at radius 2 is 2.00 bits per heavy atom. The molecule has 3 unspecified atom stereocenters. The molecule has 0 aromatic carbocycles. The van der Waals surface area contributed by atoms with Crippen molar-refractivity contribution in [2.45, 2.75) is 32.1 Å². The zero-order valence-corrected chi connectivity index (χ0v) is 11.6. The van der Waals surface area contributed by atoms with E-state index >= 15 is 0 Å². The number of carbonyl (C=O) groups excluding carboxylic acids is 1. The van der Waals surface area contributed by atoms with Gasteiger partial charge < -0.3 is 15.3 Å². The maximum Gasteiger partial charge on any atom is 0.306 e. The number of likely N-dealkylation sites (tertiary alicyclic amines) is 1. The molecular weight excluding hydrogens is 244 g/mol. The second-order valence-corrected chi connectivity index (χ2v) is 5.98. The van der Waals surface area contributed by atoms with Gasteiger partial charge >= 0.3 is 5.97 Å². The minimum Gasteiger partial charge on any atom is -0.481 e. The zero-order valence-electron chi connectivity index (χ0n) is 11.6. The van der Waals surface area contributed by atoms with Crippen LogP contribution in [0.2, 0.25) is 0 Å². The molecule has 1 saturated heterocycles. The van der Waals surface area contributed by atoms with Crippen LogP contribution in [0, 0.1) is 17.8 Å². The molecule has 0 spiro atoms. The second-order valence-electron chi connectivity index (χ2n) is 5.98. The highest BCUT2D eigenvalue weighted by molar-refractivity contribution is 5.79. The van der Waals surface area contributed by atoms with Gasteiger partial charge in [-0.2, -0.15) is 0 Å². The summed E-state index contributed by atoms with van der Waals surface area (Å²) in [5, 5.41) is 12.2. The lowest BCUT2D eigenvalue weighted by Crippen LogP contribution is -2.40. The first-order valence-electron chi connectivity index (χ1n) is 7.27. The highest BCUT2D eigenvalue weighted by Crippen LogP contribution is 2.29. The van der Waals surface area contributed by atoms with Gasteiger partial charge in [-0.1, -0.05) is 12.8 Å². The number of hydrogen-bond donors (Lipinski definition) is 2. The Kier molecular flexibility index (Phi) is 4.80. The van der Waals surface area contributed by atoms with Crippen molar-refractivity contribution in [3.63, 3.8) is 0 Å². The van der Waals surface area contributed by atoms with Crippen molar-refractivity contribution in [1.82, 2.24) is 10.2 Å². The van der Waals surface area contributed by atoms with Crippen LogP contribution >= 0.6 is 0 Å². The van der Waals surface area contributed by atoms with Gasteiger partial charge in [-0.25, -0.2) is 0 Å². The van der Waals surface area contributed by atoms with Crippen molar-refractivity contribution in [3.8, 4) is 0 Å². The molecule has 108 valence electrons. The van der Waals surface area contributed by atoms with E-state index in [1.165, 1.54) is 0 Å². The fourth-order valence-corrected chi connectivity index (χ4v) is 3.30. The van der Waals surface area contributed by atoms with Gasteiger partial charge in [0.05, 0.1) is 11.8 Å². The number of nitrogens with one attached hydrogen (secondary N) is 1. The van der Waals surface area contributed by atoms with E-state index in [0.29, 0.717) is 6.54 Å². The van der Waals surface area contributed by atoms with E-state index in [-0.39, 0.29) is 23.7 Å². The molecule has 1 aliphatic heterocycles. The summed E-state index contributed by atoms with van der Waals surface area (Å²) in [6, 6.07) is 0. The summed E-state index contributed by atoms with van der Waals surface area (Å²) in [6.45, 7) is 2.31. The second kappa shape index (κ2) is 6.37. The maximum atomic E-state index is 12.0. The summed E-state index contributed by atoms with van der Waals surface area (Å²) in [4.78, 5) is 25.4. The van der Waals surface area contributed by atoms with E-state index in [2.05, 4.69) is 10.2 Å². The predicted octanol–water partition coefficient (Wildman–Crippen LogP) is 0.945. The van der Waals surface area contributed by atoms with Crippen LogP contribution in [0.5, 0.6) is 0 Å². The topological polar surface area (TPSA) is 69.6 Å². The van der Waals surface area contributed by atoms with Crippen LogP contribution in [0.15, 0.2) is 0 Å². The van der Waals surface area contributed by atoms with Crippen LogP contribution in [0.3, 0.4) is 0 Å². The lowest BCUT2D eigenvalue weighted by molar-refractivity contribution is -0.145. The number of aliphatic carboxylic acids is 1. The summed E-state index contributed by atoms with van der Waals surface area (Å²) < 4.78 is 0. The van der Waals surface area contributed by atoms with Crippen LogP contribution in [0.4, 0.5) is 0 Å². The minimum atomic E-state index is -0.709. The quantitative estimate of drug-likeness (QED) is 0.796. The first kappa shape index (κ1) is 14.3. The molecule has 1 amide bonds. The Bertz CT molecular complexity index is 346. The summed E-state index contributed by atoms with van der Waals surface area (Å²) in [5.41, 5.74) is 0. The summed E-state index contributed by atoms with van der Waals surface area (Å²) >= 11 is 0. The SMILES string of the molecule is CN1CCC(C(=O)NCC2CCCCC2C(=O)O)C1. The van der Waals surface area contributed by atoms with E-state index in [9.17, 15) is 14.7 Å². The molecule has 19 heavy (non-hydrogen) atoms. The number of carboxylic acids is 1. The van der Waals surface area contributed by atoms with Crippen molar-refractivity contribution >= 4 is 11.9 Å². The average Bonchev–Trinajstić information content (AvgIpc) is 2.83. The van der Waals surface area contributed by atoms with Crippen LogP contribution in [0.1, 0.15) is 32.1 Å². The molecule has 5 heteroatoms. The summed E-state index contributed by atoms with van der Waals surface area (Å²) in [5.74, 6) is -0.704. The highest BCUT2D eigenvalue weighted by atomic mass is 16.4. The molecule has 1 aliphatic carbocycles. The van der Waals surface area contributed by atoms with E-state index in [1.807, 2.05) is 7.05 Å². The summed E-state index contributed by atoms with van der Waals surface area (Å²) in [6.07, 6.45) is 4.66. The lowest BCUT2D eigenvalue weighted by atomic mass is 9.79. The van der Waals surface area contributed by atoms with Crippen molar-refractivity contribution in [3.05, 3.63) is 0 Å². The molecule has 0 aromatic heterocycles. The molecule has 2 N–H and O–H groups in total. The monoisotopic (exact) mass is 268 g/mol. The fourth-order valence-electron chi connectivity index (χ4n) is 3.30. The molecule has 2 rings (SSSR count). The standard InChI is InChI=1S/C14H24N2O3/c1-16-7-6-11(9-16)13(17)15-8-10-4-2-3-5-12(10)14(18)19/h10-12H,2-9H2,1H3,(H,15,17)(H,18,19). The van der Waals surface area contributed by atoms with Crippen LogP contribution < -0.4 is 5.32 Å². The Labute approximate surface area is 114 Å². The predicted molar refractivity (Wildman–Crippen MR) is 71.7 cm³/mol. The van der Waals surface area contributed by atoms with Crippen molar-refractivity contribution in [2.24, 2.45) is 17.8 Å². The average molecular weight is 268 g/mol. The first-order chi connectivity index (χ1) is 9.08. The van der Waals surface area contributed by atoms with Crippen LogP contribution in [-0.4, -0.2) is 48.6 Å². The van der Waals surface area contributed by atoms with Crippen molar-refractivity contribution in [2.75, 3.05) is 26.7 Å². The van der Waals surface area contributed by atoms with Crippen molar-refractivity contribution in [1.29, 1.82) is 0 Å². The van der Waals surface area contributed by atoms with Crippen LogP contribution in [-0.2, 0) is 9.59 Å². The van der Waals surface area contributed by atoms with Gasteiger partial charge in [-0.05, 0) is 38.8 Å². The van der Waals surface area contributed by atoms with Gasteiger partial charge in [-0.15, -0.1) is 0 Å². The number of amides is 1. The Balaban J connectivity index is 1.80. The van der Waals surface area contributed by atoms with Gasteiger partial charge in [-0.3, -0.25) is 9.59 Å². The molecule has 5 nitrogen and oxygen atoms in total. The molecule has 2 fully saturated rings. The normalized spacial score (nSPS) is 32.2. The van der Waals surface area contributed by atoms with Gasteiger partial charge in [0.1, 0.15) is 0 Å². The Hall–Kier alpha value is -1.10. The van der Waals surface area contributed by atoms with Gasteiger partial charge in [0.25, 0.3) is 0 Å². The molecule has 0 aromatic rings. The first-order valence-corrected chi connectivity index (χ1v) is 7.27. The van der Waals surface area contributed by atoms with E-state index in [0.717, 1.165) is 45.2 Å². The number of nitrogens with zero attached hydrogens (tertiary/aromatic N) is 1. The number of carbonyl (C=O) groups is 2. The smallest absolute Gasteiger partial charge is 0.306 e. The minimum absolute atomic E-state index is 0.0804. The molecule has 1 saturated carbocycles. The van der Waals surface area contributed by atoms with Gasteiger partial charge in [0.15, 0.2) is 0 Å². The summed E-state index contributed by atoms with van der Waals surface area (Å²) in [7, 11) is 2.02. The number of carboxylic acid groups (broad SMARTS) is 1. The molecule has 2 aliphatic rings. The molecule has 1 heterocycles. The lowest BCUT2D eigenvalue weighted by Gasteiger charge is -2.29. The third-order valence-corrected chi connectivity index (χ3v) is 4.53. The van der Waals surface area contributed by atoms with E-state index in [1.54, 1.807) is 0 Å². The fraction of sp³-hybridized carbons (Fsp3) is 0.857. The van der Waals surface area contributed by atoms with Crippen LogP contribution in [0.25, 0.3) is 0 Å². The van der Waals surface area contributed by atoms with Gasteiger partial charge in [0, 0.05) is 13.1 Å². The maximum absolute atomic E-state index is 12.0. The Morgan fingerprint density at radius 3 is 2.63 bits per heavy atom. The van der Waals surface area contributed by atoms with Gasteiger partial charge in [0.2, 0.25) is 5.91 Å². The molecule has 3 atom stereocenters. The number of hydrogen-bond acceptors (Lipinski definition) is 3. The Morgan fingerprint density at radius 1 is 1.26 bits per heavy atom. The molecular formula is C14H24N2O3.